The standard InChI is InChI=1S/2C30H34N4O5S.C23H29N5O3/c2*1-29(2,3)23(18-40(38,39)21-10-5-4-6-11-21)26(35)33-15-9-14-25(33)27(36)34-19-30(16-20(34)17-31)22-12-7-8-13-24(22)32-28(30)37;1-22(2,3)18(25)20(30)27-10-6-9-17(27)19(29)28-13-23(11-14(28)12-24)15-7-4-5-8-16(15)26-21(23)31/h2*4-8,10-13,20,23,25H,9,14-16,18-19H2,1-3H3,(H,32,37);4-5,7-8,14,17-18H,6,9-11,13,25H2,1-3H3,(H,26,31)/t2*20-,23?,25-,30-;14-,17-,18?,23-/m000/s1. The van der Waals surface area contributed by atoms with Crippen LogP contribution in [0.15, 0.2) is 143 Å². The first-order valence-electron chi connectivity index (χ1n) is 37.9. The fourth-order valence-corrected chi connectivity index (χ4v) is 21.3. The minimum absolute atomic E-state index is 0.0521. The summed E-state index contributed by atoms with van der Waals surface area (Å²) in [5.74, 6) is -5.17. The van der Waals surface area contributed by atoms with E-state index in [2.05, 4.69) is 34.2 Å². The highest BCUT2D eigenvalue weighted by molar-refractivity contribution is 7.91. The lowest BCUT2D eigenvalue weighted by Crippen LogP contribution is -2.56. The molecule has 6 saturated heterocycles. The maximum absolute atomic E-state index is 14.0. The average molecular weight is 1550 g/mol. The second-order valence-corrected chi connectivity index (χ2v) is 38.2. The smallest absolute Gasteiger partial charge is 0.246 e. The van der Waals surface area contributed by atoms with E-state index >= 15 is 0 Å². The van der Waals surface area contributed by atoms with Gasteiger partial charge in [0.15, 0.2) is 19.7 Å². The summed E-state index contributed by atoms with van der Waals surface area (Å²) in [6, 6.07) is 39.4. The Morgan fingerprint density at radius 2 is 0.694 bits per heavy atom. The Balaban J connectivity index is 0.000000156. The molecule has 9 amide bonds. The number of nitrogens with zero attached hydrogens (tertiary/aromatic N) is 9. The zero-order valence-corrected chi connectivity index (χ0v) is 65.8. The first-order chi connectivity index (χ1) is 52.4. The fourth-order valence-electron chi connectivity index (χ4n) is 17.6. The highest BCUT2D eigenvalue weighted by atomic mass is 32.2. The molecule has 3 spiro atoms. The van der Waals surface area contributed by atoms with Gasteiger partial charge in [-0.15, -0.1) is 0 Å². The number of hydrogen-bond acceptors (Lipinski definition) is 17. The van der Waals surface area contributed by atoms with Crippen molar-refractivity contribution in [3.8, 4) is 18.2 Å². The van der Waals surface area contributed by atoms with Gasteiger partial charge in [0.1, 0.15) is 36.3 Å². The van der Waals surface area contributed by atoms with Crippen LogP contribution < -0.4 is 21.7 Å². The first-order valence-corrected chi connectivity index (χ1v) is 41.2. The van der Waals surface area contributed by atoms with Crippen molar-refractivity contribution in [2.75, 3.05) is 66.7 Å². The molecule has 9 aliphatic heterocycles. The van der Waals surface area contributed by atoms with Crippen molar-refractivity contribution in [1.82, 2.24) is 29.4 Å². The number of hydrogen-bond donors (Lipinski definition) is 4. The molecular formula is C83H97N13O13S2. The van der Waals surface area contributed by atoms with Crippen molar-refractivity contribution in [1.29, 1.82) is 15.8 Å². The number of nitriles is 3. The van der Waals surface area contributed by atoms with E-state index in [-0.39, 0.29) is 113 Å². The van der Waals surface area contributed by atoms with Crippen molar-refractivity contribution in [2.45, 2.75) is 188 Å². The predicted octanol–water partition coefficient (Wildman–Crippen LogP) is 7.62. The van der Waals surface area contributed by atoms with Gasteiger partial charge in [-0.25, -0.2) is 16.8 Å². The third-order valence-corrected chi connectivity index (χ3v) is 27.6. The number of fused-ring (bicyclic) bond motifs is 6. The van der Waals surface area contributed by atoms with Gasteiger partial charge >= 0.3 is 0 Å². The Hall–Kier alpha value is -10.3. The number of para-hydroxylation sites is 3. The van der Waals surface area contributed by atoms with Crippen molar-refractivity contribution < 1.29 is 60.0 Å². The summed E-state index contributed by atoms with van der Waals surface area (Å²) in [7, 11) is -7.53. The van der Waals surface area contributed by atoms with Crippen LogP contribution in [0, 0.1) is 62.1 Å². The van der Waals surface area contributed by atoms with Gasteiger partial charge in [-0.1, -0.05) is 153 Å². The van der Waals surface area contributed by atoms with Crippen LogP contribution in [-0.2, 0) is 79.1 Å². The third kappa shape index (κ3) is 14.9. The van der Waals surface area contributed by atoms with Crippen LogP contribution in [0.2, 0.25) is 0 Å². The number of likely N-dealkylation sites (tertiary alicyclic amines) is 6. The third-order valence-electron chi connectivity index (χ3n) is 24.1. The number of sulfone groups is 2. The Kier molecular flexibility index (Phi) is 22.0. The Bertz CT molecular complexity index is 4700. The minimum atomic E-state index is -3.76. The van der Waals surface area contributed by atoms with Crippen molar-refractivity contribution in [2.24, 2.45) is 33.8 Å². The lowest BCUT2D eigenvalue weighted by molar-refractivity contribution is -0.147. The minimum Gasteiger partial charge on any atom is -0.330 e. The Morgan fingerprint density at radius 1 is 0.423 bits per heavy atom. The number of benzene rings is 5. The van der Waals surface area contributed by atoms with Gasteiger partial charge in [0.25, 0.3) is 0 Å². The quantitative estimate of drug-likeness (QED) is 0.0932. The van der Waals surface area contributed by atoms with E-state index in [0.29, 0.717) is 69.5 Å². The molecular weight excluding hydrogens is 1450 g/mol. The summed E-state index contributed by atoms with van der Waals surface area (Å²) in [6.07, 6.45) is 3.85. The number of rotatable bonds is 12. The van der Waals surface area contributed by atoms with Crippen LogP contribution in [0.25, 0.3) is 0 Å². The van der Waals surface area contributed by atoms with Crippen LogP contribution in [0.3, 0.4) is 0 Å². The second-order valence-electron chi connectivity index (χ2n) is 34.1. The number of nitrogens with two attached hydrogens (primary N) is 1. The number of carbonyl (C=O) groups excluding carboxylic acids is 9. The van der Waals surface area contributed by atoms with E-state index in [0.717, 1.165) is 22.4 Å². The first kappa shape index (κ1) is 80.2. The molecule has 0 bridgehead atoms. The predicted molar refractivity (Wildman–Crippen MR) is 412 cm³/mol. The molecule has 6 fully saturated rings. The zero-order valence-electron chi connectivity index (χ0n) is 64.1. The van der Waals surface area contributed by atoms with Gasteiger partial charge in [0.2, 0.25) is 53.2 Å². The molecule has 5 N–H and O–H groups in total. The highest BCUT2D eigenvalue weighted by Gasteiger charge is 2.61. The molecule has 9 aliphatic rings. The fraction of sp³-hybridized carbons (Fsp3) is 0.494. The number of nitrogens with one attached hydrogen (secondary N) is 3. The molecule has 584 valence electrons. The lowest BCUT2D eigenvalue weighted by atomic mass is 9.80. The number of amides is 9. The summed E-state index contributed by atoms with van der Waals surface area (Å²) >= 11 is 0. The molecule has 111 heavy (non-hydrogen) atoms. The van der Waals surface area contributed by atoms with Crippen molar-refractivity contribution in [3.05, 3.63) is 150 Å². The molecule has 9 heterocycles. The molecule has 28 heteroatoms. The molecule has 3 unspecified atom stereocenters. The average Bonchev–Trinajstić information content (AvgIpc) is 1.58. The van der Waals surface area contributed by atoms with Crippen molar-refractivity contribution >= 4 is 89.9 Å². The summed E-state index contributed by atoms with van der Waals surface area (Å²) < 4.78 is 53.1. The maximum Gasteiger partial charge on any atom is 0.246 e. The molecule has 0 aromatic heterocycles. The largest absolute Gasteiger partial charge is 0.330 e. The molecule has 5 aromatic rings. The molecule has 14 rings (SSSR count). The monoisotopic (exact) mass is 1550 g/mol. The summed E-state index contributed by atoms with van der Waals surface area (Å²) in [4.78, 5) is 131. The summed E-state index contributed by atoms with van der Waals surface area (Å²) in [6.45, 7) is 18.0. The SMILES string of the molecule is CC(C)(C)C(CS(=O)(=O)c1ccccc1)C(=O)N1CCC[C@H]1C(=O)N1C[C@]2(C[C@H]1C#N)C(=O)Nc1ccccc12.CC(C)(C)C(CS(=O)(=O)c1ccccc1)C(=O)N1CCC[C@H]1C(=O)N1C[C@]2(C[C@H]1C#N)C(=O)Nc1ccccc12.CC(C)(C)C(N)C(=O)N1CCC[C@H]1C(=O)N1C[C@]2(C[C@H]1C#N)C(=O)Nc1ccccc12. The molecule has 12 atom stereocenters. The lowest BCUT2D eigenvalue weighted by Gasteiger charge is -2.36. The van der Waals surface area contributed by atoms with Gasteiger partial charge in [-0.05, 0) is 114 Å². The Morgan fingerprint density at radius 3 is 0.964 bits per heavy atom. The van der Waals surface area contributed by atoms with Crippen LogP contribution in [-0.4, -0.2) is 192 Å². The van der Waals surface area contributed by atoms with E-state index in [1.54, 1.807) is 53.4 Å². The normalized spacial score (nSPS) is 26.0. The molecule has 0 radical (unpaired) electrons. The molecule has 5 aromatic carbocycles. The van der Waals surface area contributed by atoms with Gasteiger partial charge in [0, 0.05) is 75.6 Å². The highest BCUT2D eigenvalue weighted by Crippen LogP contribution is 2.51. The van der Waals surface area contributed by atoms with E-state index in [1.165, 1.54) is 48.8 Å². The summed E-state index contributed by atoms with van der Waals surface area (Å²) in [5, 5.41) is 38.5. The van der Waals surface area contributed by atoms with Gasteiger partial charge in [-0.2, -0.15) is 15.8 Å². The van der Waals surface area contributed by atoms with E-state index in [4.69, 9.17) is 5.73 Å². The second kappa shape index (κ2) is 30.4. The van der Waals surface area contributed by atoms with E-state index in [1.807, 2.05) is 123 Å². The van der Waals surface area contributed by atoms with Crippen LogP contribution in [0.4, 0.5) is 17.1 Å². The molecule has 26 nitrogen and oxygen atoms in total. The zero-order chi connectivity index (χ0) is 80.3. The molecule has 0 saturated carbocycles. The van der Waals surface area contributed by atoms with E-state index in [9.17, 15) is 75.8 Å². The van der Waals surface area contributed by atoms with Crippen LogP contribution in [0.5, 0.6) is 0 Å². The topological polar surface area (TPSA) is 375 Å². The van der Waals surface area contributed by atoms with Crippen molar-refractivity contribution in [3.63, 3.8) is 0 Å². The summed E-state index contributed by atoms with van der Waals surface area (Å²) in [5.41, 5.74) is 5.89. The van der Waals surface area contributed by atoms with Crippen LogP contribution in [0.1, 0.15) is 137 Å². The van der Waals surface area contributed by atoms with Gasteiger partial charge < -0.3 is 51.1 Å². The van der Waals surface area contributed by atoms with Crippen LogP contribution >= 0.6 is 0 Å². The Labute approximate surface area is 648 Å². The number of anilines is 3. The molecule has 0 aliphatic carbocycles. The van der Waals surface area contributed by atoms with Gasteiger partial charge in [-0.3, -0.25) is 43.2 Å². The number of carbonyl (C=O) groups is 9. The van der Waals surface area contributed by atoms with Gasteiger partial charge in [0.05, 0.1) is 73.6 Å². The maximum atomic E-state index is 14.0. The van der Waals surface area contributed by atoms with E-state index < -0.39 is 106 Å².